The molecule has 7 heteroatoms. The van der Waals surface area contributed by atoms with E-state index < -0.39 is 6.10 Å². The molecule has 0 bridgehead atoms. The molecule has 0 radical (unpaired) electrons. The second-order valence-electron chi connectivity index (χ2n) is 7.10. The summed E-state index contributed by atoms with van der Waals surface area (Å²) in [7, 11) is 3.04. The Morgan fingerprint density at radius 2 is 1.50 bits per heavy atom. The van der Waals surface area contributed by atoms with Crippen molar-refractivity contribution in [1.29, 1.82) is 0 Å². The lowest BCUT2D eigenvalue weighted by Gasteiger charge is -2.16. The van der Waals surface area contributed by atoms with Crippen molar-refractivity contribution >= 4 is 11.8 Å². The molecule has 2 aromatic carbocycles. The average molecular weight is 415 g/mol. The summed E-state index contributed by atoms with van der Waals surface area (Å²) >= 11 is 0. The Morgan fingerprint density at radius 1 is 0.867 bits per heavy atom. The van der Waals surface area contributed by atoms with Gasteiger partial charge in [-0.2, -0.15) is 0 Å². The van der Waals surface area contributed by atoms with Crippen LogP contribution in [0.2, 0.25) is 0 Å². The molecule has 0 aromatic heterocycles. The first-order valence-corrected chi connectivity index (χ1v) is 9.90. The molecule has 0 fully saturated rings. The Morgan fingerprint density at radius 3 is 2.10 bits per heavy atom. The molecule has 7 nitrogen and oxygen atoms in total. The predicted molar refractivity (Wildman–Crippen MR) is 116 cm³/mol. The third-order valence-corrected chi connectivity index (χ3v) is 4.58. The molecule has 2 N–H and O–H groups in total. The summed E-state index contributed by atoms with van der Waals surface area (Å²) in [4.78, 5) is 24.5. The van der Waals surface area contributed by atoms with Crippen LogP contribution in [0.5, 0.6) is 17.2 Å². The molecular formula is C23H30N2O5. The minimum atomic E-state index is -0.642. The van der Waals surface area contributed by atoms with Crippen LogP contribution < -0.4 is 24.8 Å². The van der Waals surface area contributed by atoms with Gasteiger partial charge >= 0.3 is 0 Å². The standard InChI is InChI=1S/C23H30N2O5/c1-15(2)17-6-9-19(10-7-17)30-16(3)22(26)24-12-13-25-23(27)18-8-11-20(28-4)21(14-18)29-5/h6-11,14-16H,12-13H2,1-5H3,(H,24,26)(H,25,27). The van der Waals surface area contributed by atoms with Crippen molar-refractivity contribution in [3.8, 4) is 17.2 Å². The molecule has 2 rings (SSSR count). The first kappa shape index (κ1) is 23.1. The van der Waals surface area contributed by atoms with E-state index in [1.807, 2.05) is 24.3 Å². The van der Waals surface area contributed by atoms with Crippen LogP contribution in [0.4, 0.5) is 0 Å². The van der Waals surface area contributed by atoms with Crippen LogP contribution in [0.3, 0.4) is 0 Å². The van der Waals surface area contributed by atoms with Gasteiger partial charge in [-0.15, -0.1) is 0 Å². The fraction of sp³-hybridized carbons (Fsp3) is 0.391. The summed E-state index contributed by atoms with van der Waals surface area (Å²) in [6, 6.07) is 12.6. The molecule has 0 heterocycles. The first-order valence-electron chi connectivity index (χ1n) is 9.90. The molecule has 162 valence electrons. The minimum absolute atomic E-state index is 0.247. The molecule has 0 spiro atoms. The molecule has 0 aliphatic heterocycles. The van der Waals surface area contributed by atoms with Crippen molar-refractivity contribution in [2.24, 2.45) is 0 Å². The normalized spacial score (nSPS) is 11.5. The largest absolute Gasteiger partial charge is 0.493 e. The molecule has 0 saturated heterocycles. The van der Waals surface area contributed by atoms with Crippen LogP contribution in [0.25, 0.3) is 0 Å². The van der Waals surface area contributed by atoms with Crippen molar-refractivity contribution in [2.45, 2.75) is 32.8 Å². The van der Waals surface area contributed by atoms with Crippen LogP contribution >= 0.6 is 0 Å². The number of rotatable bonds is 10. The molecule has 2 aromatic rings. The van der Waals surface area contributed by atoms with E-state index in [2.05, 4.69) is 24.5 Å². The zero-order chi connectivity index (χ0) is 22.1. The van der Waals surface area contributed by atoms with Crippen molar-refractivity contribution < 1.29 is 23.8 Å². The molecule has 1 atom stereocenters. The third-order valence-electron chi connectivity index (χ3n) is 4.58. The zero-order valence-electron chi connectivity index (χ0n) is 18.2. The van der Waals surface area contributed by atoms with E-state index in [0.29, 0.717) is 28.7 Å². The molecule has 0 aliphatic rings. The predicted octanol–water partition coefficient (Wildman–Crippen LogP) is 3.14. The van der Waals surface area contributed by atoms with E-state index in [0.717, 1.165) is 0 Å². The first-order chi connectivity index (χ1) is 14.3. The Kier molecular flexibility index (Phi) is 8.53. The van der Waals surface area contributed by atoms with E-state index in [4.69, 9.17) is 14.2 Å². The van der Waals surface area contributed by atoms with Gasteiger partial charge in [-0.1, -0.05) is 26.0 Å². The van der Waals surface area contributed by atoms with Gasteiger partial charge in [-0.05, 0) is 48.7 Å². The number of carbonyl (C=O) groups excluding carboxylic acids is 2. The van der Waals surface area contributed by atoms with Gasteiger partial charge in [0.15, 0.2) is 17.6 Å². The van der Waals surface area contributed by atoms with E-state index in [1.165, 1.54) is 19.8 Å². The maximum atomic E-state index is 12.3. The van der Waals surface area contributed by atoms with Crippen molar-refractivity contribution in [3.63, 3.8) is 0 Å². The number of methoxy groups -OCH3 is 2. The molecule has 1 unspecified atom stereocenters. The number of amides is 2. The summed E-state index contributed by atoms with van der Waals surface area (Å²) in [6.45, 7) is 6.51. The van der Waals surface area contributed by atoms with Gasteiger partial charge in [0.05, 0.1) is 14.2 Å². The number of nitrogens with one attached hydrogen (secondary N) is 2. The molecule has 0 aliphatic carbocycles. The monoisotopic (exact) mass is 414 g/mol. The van der Waals surface area contributed by atoms with E-state index in [1.54, 1.807) is 25.1 Å². The van der Waals surface area contributed by atoms with E-state index in [-0.39, 0.29) is 24.9 Å². The van der Waals surface area contributed by atoms with Crippen LogP contribution in [-0.4, -0.2) is 45.2 Å². The Labute approximate surface area is 177 Å². The lowest BCUT2D eigenvalue weighted by molar-refractivity contribution is -0.127. The minimum Gasteiger partial charge on any atom is -0.493 e. The zero-order valence-corrected chi connectivity index (χ0v) is 18.2. The maximum Gasteiger partial charge on any atom is 0.260 e. The topological polar surface area (TPSA) is 85.9 Å². The maximum absolute atomic E-state index is 12.3. The second-order valence-corrected chi connectivity index (χ2v) is 7.10. The fourth-order valence-corrected chi connectivity index (χ4v) is 2.77. The SMILES string of the molecule is COc1ccc(C(=O)NCCNC(=O)C(C)Oc2ccc(C(C)C)cc2)cc1OC. The molecule has 0 saturated carbocycles. The summed E-state index contributed by atoms with van der Waals surface area (Å²) in [6.07, 6.45) is -0.642. The summed E-state index contributed by atoms with van der Waals surface area (Å²) < 4.78 is 16.0. The van der Waals surface area contributed by atoms with E-state index >= 15 is 0 Å². The number of hydrogen-bond acceptors (Lipinski definition) is 5. The van der Waals surface area contributed by atoms with Gasteiger partial charge in [0.2, 0.25) is 0 Å². The van der Waals surface area contributed by atoms with Gasteiger partial charge in [0, 0.05) is 18.7 Å². The number of benzene rings is 2. The number of ether oxygens (including phenoxy) is 3. The van der Waals surface area contributed by atoms with Gasteiger partial charge in [0.25, 0.3) is 11.8 Å². The van der Waals surface area contributed by atoms with Crippen LogP contribution in [0.15, 0.2) is 42.5 Å². The summed E-state index contributed by atoms with van der Waals surface area (Å²) in [5, 5.41) is 5.51. The van der Waals surface area contributed by atoms with Crippen molar-refractivity contribution in [1.82, 2.24) is 10.6 Å². The smallest absolute Gasteiger partial charge is 0.260 e. The quantitative estimate of drug-likeness (QED) is 0.584. The van der Waals surface area contributed by atoms with Crippen LogP contribution in [-0.2, 0) is 4.79 Å². The Hall–Kier alpha value is -3.22. The Bertz CT molecular complexity index is 849. The third kappa shape index (κ3) is 6.40. The fourth-order valence-electron chi connectivity index (χ4n) is 2.77. The summed E-state index contributed by atoms with van der Waals surface area (Å²) in [5.74, 6) is 1.60. The van der Waals surface area contributed by atoms with Gasteiger partial charge in [-0.3, -0.25) is 9.59 Å². The average Bonchev–Trinajstić information content (AvgIpc) is 2.76. The van der Waals surface area contributed by atoms with Gasteiger partial charge in [0.1, 0.15) is 5.75 Å². The highest BCUT2D eigenvalue weighted by molar-refractivity contribution is 5.94. The molecule has 2 amide bonds. The lowest BCUT2D eigenvalue weighted by Crippen LogP contribution is -2.40. The number of hydrogen-bond donors (Lipinski definition) is 2. The highest BCUT2D eigenvalue weighted by atomic mass is 16.5. The van der Waals surface area contributed by atoms with Crippen LogP contribution in [0, 0.1) is 0 Å². The van der Waals surface area contributed by atoms with Gasteiger partial charge < -0.3 is 24.8 Å². The van der Waals surface area contributed by atoms with Crippen molar-refractivity contribution in [3.05, 3.63) is 53.6 Å². The van der Waals surface area contributed by atoms with Gasteiger partial charge in [-0.25, -0.2) is 0 Å². The highest BCUT2D eigenvalue weighted by Gasteiger charge is 2.15. The molecular weight excluding hydrogens is 384 g/mol. The van der Waals surface area contributed by atoms with Crippen molar-refractivity contribution in [2.75, 3.05) is 27.3 Å². The Balaban J connectivity index is 1.76. The van der Waals surface area contributed by atoms with Crippen LogP contribution in [0.1, 0.15) is 42.6 Å². The second kappa shape index (κ2) is 11.1. The summed E-state index contributed by atoms with van der Waals surface area (Å²) in [5.41, 5.74) is 1.66. The number of carbonyl (C=O) groups is 2. The van der Waals surface area contributed by atoms with E-state index in [9.17, 15) is 9.59 Å². The highest BCUT2D eigenvalue weighted by Crippen LogP contribution is 2.27. The molecule has 30 heavy (non-hydrogen) atoms. The lowest BCUT2D eigenvalue weighted by atomic mass is 10.0.